The largest absolute Gasteiger partial charge is 0.385 e. The van der Waals surface area contributed by atoms with Gasteiger partial charge in [-0.1, -0.05) is 0 Å². The zero-order valence-electron chi connectivity index (χ0n) is 23.1. The Morgan fingerprint density at radius 2 is 1.61 bits per heavy atom. The molecule has 1 saturated heterocycles. The molecule has 1 amide bonds. The molecule has 12 heteroatoms. The summed E-state index contributed by atoms with van der Waals surface area (Å²) in [6.07, 6.45) is 2.46. The molecule has 1 aliphatic rings. The predicted molar refractivity (Wildman–Crippen MR) is 151 cm³/mol. The van der Waals surface area contributed by atoms with Crippen molar-refractivity contribution in [2.45, 2.75) is 13.0 Å². The summed E-state index contributed by atoms with van der Waals surface area (Å²) in [5.41, 5.74) is 1.24. The minimum absolute atomic E-state index is 0.0369. The summed E-state index contributed by atoms with van der Waals surface area (Å²) in [6.45, 7) is 3.76. The third kappa shape index (κ3) is 6.83. The number of amides is 1. The summed E-state index contributed by atoms with van der Waals surface area (Å²) in [5.74, 6) is 1.59. The van der Waals surface area contributed by atoms with Gasteiger partial charge in [0.05, 0.1) is 0 Å². The van der Waals surface area contributed by atoms with Crippen molar-refractivity contribution in [3.05, 3.63) is 72.6 Å². The van der Waals surface area contributed by atoms with Crippen molar-refractivity contribution in [1.82, 2.24) is 29.6 Å². The number of ether oxygens (including phenoxy) is 1. The topological polar surface area (TPSA) is 92.5 Å². The van der Waals surface area contributed by atoms with Gasteiger partial charge in [0.25, 0.3) is 0 Å². The highest BCUT2D eigenvalue weighted by molar-refractivity contribution is 5.77. The van der Waals surface area contributed by atoms with Crippen LogP contribution in [0.4, 0.5) is 20.4 Å². The molecule has 2 aromatic carbocycles. The molecular weight excluding hydrogens is 530 g/mol. The van der Waals surface area contributed by atoms with Crippen molar-refractivity contribution in [3.63, 3.8) is 0 Å². The van der Waals surface area contributed by atoms with Crippen molar-refractivity contribution < 1.29 is 18.3 Å². The highest BCUT2D eigenvalue weighted by atomic mass is 19.1. The van der Waals surface area contributed by atoms with Gasteiger partial charge in [-0.3, -0.25) is 4.79 Å². The molecule has 5 rings (SSSR count). The second kappa shape index (κ2) is 12.8. The van der Waals surface area contributed by atoms with Crippen LogP contribution in [0.15, 0.2) is 60.9 Å². The molecule has 3 heterocycles. The van der Waals surface area contributed by atoms with Gasteiger partial charge in [0.15, 0.2) is 11.6 Å². The highest BCUT2D eigenvalue weighted by Crippen LogP contribution is 2.24. The van der Waals surface area contributed by atoms with Crippen LogP contribution in [0.2, 0.25) is 0 Å². The normalized spacial score (nSPS) is 13.5. The van der Waals surface area contributed by atoms with E-state index in [1.807, 2.05) is 13.1 Å². The summed E-state index contributed by atoms with van der Waals surface area (Å²) in [4.78, 5) is 32.8. The number of hydrogen-bond donors (Lipinski definition) is 0. The zero-order chi connectivity index (χ0) is 28.8. The Balaban J connectivity index is 1.27. The first-order valence-electron chi connectivity index (χ1n) is 13.4. The average Bonchev–Trinajstić information content (AvgIpc) is 3.41. The van der Waals surface area contributed by atoms with Gasteiger partial charge in [0.1, 0.15) is 36.1 Å². The lowest BCUT2D eigenvalue weighted by molar-refractivity contribution is -0.132. The molecule has 0 bridgehead atoms. The van der Waals surface area contributed by atoms with Crippen molar-refractivity contribution in [2.24, 2.45) is 0 Å². The van der Waals surface area contributed by atoms with Gasteiger partial charge in [-0.05, 0) is 55.0 Å². The molecule has 4 aromatic rings. The standard InChI is InChI=1S/C29H32F2N8O2/c1-36(12-3-17-41-2)25-18-26(33-20-32-25)37-13-15-38(16-14-37)27(40)19-39-29(22-6-10-24(31)11-7-22)34-28(35-39)21-4-8-23(30)9-5-21/h4-11,18,20H,3,12-17,19H2,1-2H3. The lowest BCUT2D eigenvalue weighted by Crippen LogP contribution is -2.50. The van der Waals surface area contributed by atoms with Crippen LogP contribution in [0.1, 0.15) is 6.42 Å². The van der Waals surface area contributed by atoms with Crippen LogP contribution >= 0.6 is 0 Å². The number of methoxy groups -OCH3 is 1. The van der Waals surface area contributed by atoms with Crippen molar-refractivity contribution in [2.75, 3.05) is 63.3 Å². The quantitative estimate of drug-likeness (QED) is 0.271. The summed E-state index contributed by atoms with van der Waals surface area (Å²) < 4.78 is 33.7. The molecule has 0 atom stereocenters. The molecule has 2 aromatic heterocycles. The van der Waals surface area contributed by atoms with Gasteiger partial charge in [0.2, 0.25) is 5.91 Å². The second-order valence-electron chi connectivity index (χ2n) is 9.80. The first-order valence-corrected chi connectivity index (χ1v) is 13.4. The molecular formula is C29H32F2N8O2. The van der Waals surface area contributed by atoms with E-state index in [4.69, 9.17) is 4.74 Å². The maximum Gasteiger partial charge on any atom is 0.244 e. The van der Waals surface area contributed by atoms with E-state index in [1.54, 1.807) is 42.6 Å². The Hall–Kier alpha value is -4.45. The predicted octanol–water partition coefficient (Wildman–Crippen LogP) is 3.50. The average molecular weight is 563 g/mol. The maximum absolute atomic E-state index is 13.6. The van der Waals surface area contributed by atoms with E-state index in [-0.39, 0.29) is 24.1 Å². The van der Waals surface area contributed by atoms with Gasteiger partial charge in [-0.2, -0.15) is 0 Å². The zero-order valence-corrected chi connectivity index (χ0v) is 23.1. The van der Waals surface area contributed by atoms with Crippen molar-refractivity contribution in [3.8, 4) is 22.8 Å². The minimum Gasteiger partial charge on any atom is -0.385 e. The first-order chi connectivity index (χ1) is 19.9. The summed E-state index contributed by atoms with van der Waals surface area (Å²) >= 11 is 0. The van der Waals surface area contributed by atoms with Gasteiger partial charge in [-0.25, -0.2) is 28.4 Å². The summed E-state index contributed by atoms with van der Waals surface area (Å²) in [5, 5.41) is 4.56. The molecule has 1 aliphatic heterocycles. The highest BCUT2D eigenvalue weighted by Gasteiger charge is 2.24. The van der Waals surface area contributed by atoms with Crippen molar-refractivity contribution in [1.29, 1.82) is 0 Å². The van der Waals surface area contributed by atoms with Gasteiger partial charge < -0.3 is 19.4 Å². The molecule has 0 radical (unpaired) electrons. The fraction of sp³-hybridized carbons (Fsp3) is 0.345. The third-order valence-corrected chi connectivity index (χ3v) is 6.99. The number of carbonyl (C=O) groups excluding carboxylic acids is 1. The lowest BCUT2D eigenvalue weighted by Gasteiger charge is -2.35. The van der Waals surface area contributed by atoms with Crippen LogP contribution in [0, 0.1) is 11.6 Å². The van der Waals surface area contributed by atoms with Crippen LogP contribution in [0.5, 0.6) is 0 Å². The lowest BCUT2D eigenvalue weighted by atomic mass is 10.2. The number of aromatic nitrogens is 5. The van der Waals surface area contributed by atoms with Crippen LogP contribution in [-0.2, 0) is 16.1 Å². The van der Waals surface area contributed by atoms with Crippen molar-refractivity contribution >= 4 is 17.5 Å². The summed E-state index contributed by atoms with van der Waals surface area (Å²) in [6, 6.07) is 13.7. The van der Waals surface area contributed by atoms with E-state index in [2.05, 4.69) is 29.9 Å². The van der Waals surface area contributed by atoms with Crippen LogP contribution in [0.3, 0.4) is 0 Å². The Labute approximate surface area is 237 Å². The van der Waals surface area contributed by atoms with E-state index >= 15 is 0 Å². The van der Waals surface area contributed by atoms with E-state index in [9.17, 15) is 13.6 Å². The number of nitrogens with zero attached hydrogens (tertiary/aromatic N) is 8. The third-order valence-electron chi connectivity index (χ3n) is 6.99. The SMILES string of the molecule is COCCCN(C)c1cc(N2CCN(C(=O)Cn3nc(-c4ccc(F)cc4)nc3-c3ccc(F)cc3)CC2)ncn1. The van der Waals surface area contributed by atoms with E-state index < -0.39 is 0 Å². The smallest absolute Gasteiger partial charge is 0.244 e. The number of carbonyl (C=O) groups is 1. The Bertz CT molecular complexity index is 1450. The number of benzene rings is 2. The number of anilines is 2. The van der Waals surface area contributed by atoms with Gasteiger partial charge in [0, 0.05) is 70.7 Å². The number of halogens is 2. The molecule has 0 aliphatic carbocycles. The van der Waals surface area contributed by atoms with Crippen LogP contribution in [-0.4, -0.2) is 89.0 Å². The van der Waals surface area contributed by atoms with E-state index in [0.717, 1.165) is 24.6 Å². The Morgan fingerprint density at radius 1 is 0.951 bits per heavy atom. The molecule has 0 saturated carbocycles. The number of hydrogen-bond acceptors (Lipinski definition) is 8. The Morgan fingerprint density at radius 3 is 2.27 bits per heavy atom. The van der Waals surface area contributed by atoms with Gasteiger partial charge >= 0.3 is 0 Å². The molecule has 214 valence electrons. The van der Waals surface area contributed by atoms with E-state index in [0.29, 0.717) is 55.6 Å². The maximum atomic E-state index is 13.6. The minimum atomic E-state index is -0.374. The van der Waals surface area contributed by atoms with Gasteiger partial charge in [-0.15, -0.1) is 5.10 Å². The fourth-order valence-corrected chi connectivity index (χ4v) is 4.68. The van der Waals surface area contributed by atoms with Crippen LogP contribution in [0.25, 0.3) is 22.8 Å². The monoisotopic (exact) mass is 562 g/mol. The number of rotatable bonds is 10. The van der Waals surface area contributed by atoms with Crippen LogP contribution < -0.4 is 9.80 Å². The molecule has 0 N–H and O–H groups in total. The second-order valence-corrected chi connectivity index (χ2v) is 9.80. The molecule has 0 unspecified atom stereocenters. The fourth-order valence-electron chi connectivity index (χ4n) is 4.68. The Kier molecular flexibility index (Phi) is 8.78. The van der Waals surface area contributed by atoms with E-state index in [1.165, 1.54) is 28.9 Å². The molecule has 41 heavy (non-hydrogen) atoms. The molecule has 0 spiro atoms. The number of piperazine rings is 1. The summed E-state index contributed by atoms with van der Waals surface area (Å²) in [7, 11) is 3.68. The molecule has 1 fully saturated rings. The first kappa shape index (κ1) is 28.1. The molecule has 10 nitrogen and oxygen atoms in total.